The van der Waals surface area contributed by atoms with E-state index < -0.39 is 0 Å². The van der Waals surface area contributed by atoms with E-state index in [1.807, 2.05) is 30.7 Å². The Morgan fingerprint density at radius 2 is 0.912 bits per heavy atom. The highest BCUT2D eigenvalue weighted by Gasteiger charge is 2.47. The van der Waals surface area contributed by atoms with Gasteiger partial charge in [0.25, 0.3) is 6.71 Å². The summed E-state index contributed by atoms with van der Waals surface area (Å²) in [5.74, 6) is 0. The Hall–Kier alpha value is -7.64. The maximum Gasteiger partial charge on any atom is 0.252 e. The van der Waals surface area contributed by atoms with Gasteiger partial charge in [-0.2, -0.15) is 0 Å². The molecule has 7 heteroatoms. The number of hydrogen-bond donors (Lipinski definition) is 0. The number of fused-ring (bicyclic) bond motifs is 8. The molecule has 0 amide bonds. The zero-order valence-corrected chi connectivity index (χ0v) is 30.8. The zero-order valence-electron chi connectivity index (χ0n) is 30.8. The van der Waals surface area contributed by atoms with Crippen LogP contribution >= 0.6 is 0 Å². The lowest BCUT2D eigenvalue weighted by Gasteiger charge is -2.49. The van der Waals surface area contributed by atoms with Crippen molar-refractivity contribution < 1.29 is 0 Å². The number of hydrogen-bond acceptors (Lipinski definition) is 6. The Morgan fingerprint density at radius 1 is 0.368 bits per heavy atom. The first-order valence-corrected chi connectivity index (χ1v) is 19.4. The molecular formula is C50H33BN6. The normalized spacial score (nSPS) is 13.4. The van der Waals surface area contributed by atoms with E-state index in [9.17, 15) is 0 Å². The van der Waals surface area contributed by atoms with Gasteiger partial charge in [0.2, 0.25) is 0 Å². The van der Waals surface area contributed by atoms with Crippen LogP contribution in [0.1, 0.15) is 0 Å². The quantitative estimate of drug-likeness (QED) is 0.168. The Labute approximate surface area is 331 Å². The second kappa shape index (κ2) is 12.4. The highest BCUT2D eigenvalue weighted by Crippen LogP contribution is 2.61. The molecule has 0 atom stereocenters. The Kier molecular flexibility index (Phi) is 6.92. The number of aromatic nitrogens is 2. The lowest BCUT2D eigenvalue weighted by Crippen LogP contribution is -2.61. The largest absolute Gasteiger partial charge is 0.311 e. The maximum absolute atomic E-state index is 5.03. The Balaban J connectivity index is 1.30. The van der Waals surface area contributed by atoms with Crippen molar-refractivity contribution in [2.75, 3.05) is 19.6 Å². The van der Waals surface area contributed by atoms with E-state index in [0.717, 1.165) is 73.5 Å². The summed E-state index contributed by atoms with van der Waals surface area (Å²) in [6, 6.07) is 65.5. The minimum Gasteiger partial charge on any atom is -0.311 e. The van der Waals surface area contributed by atoms with E-state index in [-0.39, 0.29) is 6.71 Å². The molecule has 3 aliphatic heterocycles. The van der Waals surface area contributed by atoms with Gasteiger partial charge in [0, 0.05) is 46.2 Å². The molecule has 3 aliphatic rings. The van der Waals surface area contributed by atoms with Crippen LogP contribution in [-0.4, -0.2) is 16.7 Å². The van der Waals surface area contributed by atoms with Gasteiger partial charge in [-0.1, -0.05) is 103 Å². The van der Waals surface area contributed by atoms with Gasteiger partial charge in [0.15, 0.2) is 0 Å². The Morgan fingerprint density at radius 3 is 1.61 bits per heavy atom. The monoisotopic (exact) mass is 728 g/mol. The standard InChI is InChI=1S/C50H33BN6/c1-3-18-35(19-4-1)54-40-25-9-7-23-38(40)51-39-24-8-10-26-41(39)56(37-22-15-30-52-33-37)50-47(51)45(54)32-46-49(50)55(36-20-5-2-6-21-36)42-27-11-12-28-43(42)57(46)44-29-13-16-34-17-14-31-53-48(34)44/h1-33H. The predicted octanol–water partition coefficient (Wildman–Crippen LogP) is 11.0. The number of pyridine rings is 2. The number of benzene rings is 7. The molecule has 5 heterocycles. The van der Waals surface area contributed by atoms with Crippen molar-refractivity contribution >= 4 is 102 Å². The fourth-order valence-electron chi connectivity index (χ4n) is 9.41. The first kappa shape index (κ1) is 31.7. The van der Waals surface area contributed by atoms with Crippen LogP contribution in [-0.2, 0) is 0 Å². The lowest BCUT2D eigenvalue weighted by molar-refractivity contribution is 1.14. The third-order valence-electron chi connectivity index (χ3n) is 11.6. The summed E-state index contributed by atoms with van der Waals surface area (Å²) < 4.78 is 0. The molecule has 0 aliphatic carbocycles. The summed E-state index contributed by atoms with van der Waals surface area (Å²) in [6.45, 7) is -0.0388. The summed E-state index contributed by atoms with van der Waals surface area (Å²) in [6.07, 6.45) is 5.74. The van der Waals surface area contributed by atoms with E-state index in [1.54, 1.807) is 0 Å². The SMILES string of the molecule is c1ccc(N2c3ccccc3B3c4ccccc4N(c4cccnc4)c4c3c2cc2c4N(c3ccccc3)c3ccccc3N2c2cccc3cccnc23)cc1. The topological polar surface area (TPSA) is 38.7 Å². The summed E-state index contributed by atoms with van der Waals surface area (Å²) in [5, 5.41) is 1.09. The Bertz CT molecular complexity index is 2990. The molecule has 2 aromatic heterocycles. The van der Waals surface area contributed by atoms with Gasteiger partial charge in [-0.15, -0.1) is 0 Å². The minimum atomic E-state index is -0.0388. The number of rotatable bonds is 4. The van der Waals surface area contributed by atoms with Crippen molar-refractivity contribution in [1.29, 1.82) is 0 Å². The highest BCUT2D eigenvalue weighted by atomic mass is 15.3. The molecule has 0 saturated heterocycles. The van der Waals surface area contributed by atoms with E-state index in [4.69, 9.17) is 9.97 Å². The van der Waals surface area contributed by atoms with Gasteiger partial charge in [0.1, 0.15) is 0 Å². The molecule has 9 aromatic rings. The van der Waals surface area contributed by atoms with Crippen molar-refractivity contribution in [2.45, 2.75) is 0 Å². The molecule has 0 spiro atoms. The van der Waals surface area contributed by atoms with Crippen LogP contribution in [0.3, 0.4) is 0 Å². The molecule has 7 aromatic carbocycles. The molecular weight excluding hydrogens is 695 g/mol. The van der Waals surface area contributed by atoms with E-state index in [0.29, 0.717) is 0 Å². The van der Waals surface area contributed by atoms with Crippen LogP contribution in [0, 0.1) is 0 Å². The second-order valence-corrected chi connectivity index (χ2v) is 14.6. The van der Waals surface area contributed by atoms with Gasteiger partial charge < -0.3 is 19.6 Å². The van der Waals surface area contributed by atoms with Crippen molar-refractivity contribution in [3.05, 3.63) is 201 Å². The number of anilines is 12. The van der Waals surface area contributed by atoms with Gasteiger partial charge in [-0.3, -0.25) is 9.97 Å². The summed E-state index contributed by atoms with van der Waals surface area (Å²) >= 11 is 0. The van der Waals surface area contributed by atoms with Gasteiger partial charge in [-0.25, -0.2) is 0 Å². The summed E-state index contributed by atoms with van der Waals surface area (Å²) in [4.78, 5) is 19.6. The number of para-hydroxylation sites is 7. The van der Waals surface area contributed by atoms with Crippen LogP contribution in [0.25, 0.3) is 10.9 Å². The fraction of sp³-hybridized carbons (Fsp3) is 0. The van der Waals surface area contributed by atoms with Crippen molar-refractivity contribution in [2.24, 2.45) is 0 Å². The van der Waals surface area contributed by atoms with Crippen molar-refractivity contribution in [1.82, 2.24) is 9.97 Å². The third-order valence-corrected chi connectivity index (χ3v) is 11.6. The van der Waals surface area contributed by atoms with Crippen LogP contribution in [0.15, 0.2) is 201 Å². The van der Waals surface area contributed by atoms with Crippen LogP contribution in [0.5, 0.6) is 0 Å². The van der Waals surface area contributed by atoms with Crippen LogP contribution in [0.4, 0.5) is 68.2 Å². The fourth-order valence-corrected chi connectivity index (χ4v) is 9.41. The number of nitrogens with zero attached hydrogens (tertiary/aromatic N) is 6. The van der Waals surface area contributed by atoms with E-state index in [1.165, 1.54) is 22.1 Å². The smallest absolute Gasteiger partial charge is 0.252 e. The van der Waals surface area contributed by atoms with Gasteiger partial charge >= 0.3 is 0 Å². The first-order valence-electron chi connectivity index (χ1n) is 19.4. The molecule has 0 bridgehead atoms. The third kappa shape index (κ3) is 4.60. The van der Waals surface area contributed by atoms with Gasteiger partial charge in [0.05, 0.1) is 51.5 Å². The summed E-state index contributed by atoms with van der Waals surface area (Å²) in [5.41, 5.74) is 17.8. The highest BCUT2D eigenvalue weighted by molar-refractivity contribution is 7.00. The van der Waals surface area contributed by atoms with Crippen LogP contribution in [0.2, 0.25) is 0 Å². The molecule has 6 nitrogen and oxygen atoms in total. The minimum absolute atomic E-state index is 0.0388. The average Bonchev–Trinajstić information content (AvgIpc) is 3.28. The van der Waals surface area contributed by atoms with E-state index >= 15 is 0 Å². The van der Waals surface area contributed by atoms with E-state index in [2.05, 4.69) is 189 Å². The molecule has 57 heavy (non-hydrogen) atoms. The molecule has 0 radical (unpaired) electrons. The molecule has 266 valence electrons. The average molecular weight is 729 g/mol. The maximum atomic E-state index is 5.03. The second-order valence-electron chi connectivity index (χ2n) is 14.6. The lowest BCUT2D eigenvalue weighted by atomic mass is 9.33. The van der Waals surface area contributed by atoms with Gasteiger partial charge in [-0.05, 0) is 95.3 Å². The molecule has 12 rings (SSSR count). The molecule has 0 unspecified atom stereocenters. The molecule has 0 fully saturated rings. The van der Waals surface area contributed by atoms with Crippen LogP contribution < -0.4 is 36.0 Å². The molecule has 0 N–H and O–H groups in total. The molecule has 0 saturated carbocycles. The zero-order chi connectivity index (χ0) is 37.5. The predicted molar refractivity (Wildman–Crippen MR) is 236 cm³/mol. The van der Waals surface area contributed by atoms with Crippen molar-refractivity contribution in [3.8, 4) is 0 Å². The first-order chi connectivity index (χ1) is 28.3. The summed E-state index contributed by atoms with van der Waals surface area (Å²) in [7, 11) is 0. The van der Waals surface area contributed by atoms with Crippen molar-refractivity contribution in [3.63, 3.8) is 0 Å².